The Labute approximate surface area is 161 Å². The van der Waals surface area contributed by atoms with Crippen LogP contribution in [0, 0.1) is 0 Å². The first-order valence-electron chi connectivity index (χ1n) is 8.42. The quantitative estimate of drug-likeness (QED) is 0.670. The lowest BCUT2D eigenvalue weighted by Gasteiger charge is -2.21. The van der Waals surface area contributed by atoms with E-state index in [2.05, 4.69) is 10.3 Å². The number of aromatic carboxylic acids is 1. The SMILES string of the molecule is CN1C(=S)N[C@H](c2ccccn2)[C@H]1c1ccc(-c2cccc(C(=O)O)c2)o1. The van der Waals surface area contributed by atoms with Gasteiger partial charge in [0.05, 0.1) is 17.3 Å². The molecule has 4 rings (SSSR count). The molecule has 1 aliphatic heterocycles. The van der Waals surface area contributed by atoms with Crippen molar-refractivity contribution in [2.24, 2.45) is 0 Å². The summed E-state index contributed by atoms with van der Waals surface area (Å²) in [7, 11) is 1.91. The number of nitrogens with one attached hydrogen (secondary N) is 1. The molecule has 0 saturated carbocycles. The number of thiocarbonyl (C=S) groups is 1. The van der Waals surface area contributed by atoms with Gasteiger partial charge < -0.3 is 19.7 Å². The number of carboxylic acids is 1. The molecule has 3 heterocycles. The number of hydrogen-bond acceptors (Lipinski definition) is 4. The molecule has 0 aliphatic carbocycles. The Morgan fingerprint density at radius 3 is 2.81 bits per heavy atom. The summed E-state index contributed by atoms with van der Waals surface area (Å²) in [6.45, 7) is 0. The minimum absolute atomic E-state index is 0.131. The topological polar surface area (TPSA) is 78.6 Å². The molecule has 1 aliphatic rings. The minimum Gasteiger partial charge on any atom is -0.478 e. The van der Waals surface area contributed by atoms with Gasteiger partial charge in [0.15, 0.2) is 5.11 Å². The zero-order valence-corrected chi connectivity index (χ0v) is 15.3. The van der Waals surface area contributed by atoms with Crippen molar-refractivity contribution in [3.63, 3.8) is 0 Å². The van der Waals surface area contributed by atoms with Gasteiger partial charge in [-0.15, -0.1) is 0 Å². The molecule has 0 radical (unpaired) electrons. The zero-order chi connectivity index (χ0) is 19.0. The second-order valence-electron chi connectivity index (χ2n) is 6.33. The fourth-order valence-electron chi connectivity index (χ4n) is 3.29. The first kappa shape index (κ1) is 17.2. The first-order valence-corrected chi connectivity index (χ1v) is 8.83. The van der Waals surface area contributed by atoms with Crippen LogP contribution in [0.2, 0.25) is 0 Å². The summed E-state index contributed by atoms with van der Waals surface area (Å²) in [5.41, 5.74) is 1.81. The number of furan rings is 1. The van der Waals surface area contributed by atoms with Crippen molar-refractivity contribution in [1.82, 2.24) is 15.2 Å². The maximum absolute atomic E-state index is 11.2. The van der Waals surface area contributed by atoms with Gasteiger partial charge in [-0.1, -0.05) is 18.2 Å². The second kappa shape index (κ2) is 6.85. The number of pyridine rings is 1. The van der Waals surface area contributed by atoms with Crippen LogP contribution in [0.4, 0.5) is 0 Å². The molecule has 0 unspecified atom stereocenters. The Kier molecular flexibility index (Phi) is 4.37. The van der Waals surface area contributed by atoms with Crippen molar-refractivity contribution in [1.29, 1.82) is 0 Å². The Hall–Kier alpha value is -3.19. The summed E-state index contributed by atoms with van der Waals surface area (Å²) >= 11 is 5.42. The van der Waals surface area contributed by atoms with Crippen LogP contribution in [-0.2, 0) is 0 Å². The number of carboxylic acid groups (broad SMARTS) is 1. The van der Waals surface area contributed by atoms with Crippen LogP contribution in [0.5, 0.6) is 0 Å². The third kappa shape index (κ3) is 3.17. The van der Waals surface area contributed by atoms with E-state index in [0.29, 0.717) is 16.4 Å². The number of benzene rings is 1. The van der Waals surface area contributed by atoms with Crippen molar-refractivity contribution in [3.8, 4) is 11.3 Å². The summed E-state index contributed by atoms with van der Waals surface area (Å²) in [6.07, 6.45) is 1.75. The van der Waals surface area contributed by atoms with Crippen LogP contribution in [0.1, 0.15) is 33.9 Å². The highest BCUT2D eigenvalue weighted by Crippen LogP contribution is 2.39. The monoisotopic (exact) mass is 379 g/mol. The van der Waals surface area contributed by atoms with Crippen molar-refractivity contribution < 1.29 is 14.3 Å². The summed E-state index contributed by atoms with van der Waals surface area (Å²) < 4.78 is 6.10. The van der Waals surface area contributed by atoms with Gasteiger partial charge in [0.2, 0.25) is 0 Å². The third-order valence-corrected chi connectivity index (χ3v) is 5.06. The lowest BCUT2D eigenvalue weighted by Crippen LogP contribution is -2.24. The predicted octanol–water partition coefficient (Wildman–Crippen LogP) is 3.64. The maximum Gasteiger partial charge on any atom is 0.335 e. The van der Waals surface area contributed by atoms with E-state index in [1.165, 1.54) is 0 Å². The fourth-order valence-corrected chi connectivity index (χ4v) is 3.53. The van der Waals surface area contributed by atoms with Crippen molar-refractivity contribution >= 4 is 23.3 Å². The maximum atomic E-state index is 11.2. The average Bonchev–Trinajstić information content (AvgIpc) is 3.28. The molecule has 3 aromatic rings. The molecule has 6 nitrogen and oxygen atoms in total. The van der Waals surface area contributed by atoms with Crippen LogP contribution in [-0.4, -0.2) is 33.1 Å². The van der Waals surface area contributed by atoms with E-state index in [9.17, 15) is 9.90 Å². The summed E-state index contributed by atoms with van der Waals surface area (Å²) in [4.78, 5) is 17.6. The average molecular weight is 379 g/mol. The number of carbonyl (C=O) groups is 1. The van der Waals surface area contributed by atoms with Gasteiger partial charge in [0.25, 0.3) is 0 Å². The van der Waals surface area contributed by atoms with Crippen LogP contribution in [0.25, 0.3) is 11.3 Å². The van der Waals surface area contributed by atoms with Gasteiger partial charge in [-0.25, -0.2) is 4.79 Å². The van der Waals surface area contributed by atoms with Crippen LogP contribution in [0.3, 0.4) is 0 Å². The Balaban J connectivity index is 1.70. The lowest BCUT2D eigenvalue weighted by atomic mass is 10.0. The molecule has 2 N–H and O–H groups in total. The number of nitrogens with zero attached hydrogens (tertiary/aromatic N) is 2. The number of aromatic nitrogens is 1. The molecule has 2 atom stereocenters. The molecular formula is C20H17N3O3S. The Morgan fingerprint density at radius 1 is 1.22 bits per heavy atom. The largest absolute Gasteiger partial charge is 0.478 e. The highest BCUT2D eigenvalue weighted by atomic mass is 32.1. The van der Waals surface area contributed by atoms with E-state index in [1.807, 2.05) is 48.3 Å². The van der Waals surface area contributed by atoms with Gasteiger partial charge in [0, 0.05) is 18.8 Å². The van der Waals surface area contributed by atoms with E-state index in [1.54, 1.807) is 24.4 Å². The molecule has 0 bridgehead atoms. The summed E-state index contributed by atoms with van der Waals surface area (Å²) in [6, 6.07) is 15.9. The van der Waals surface area contributed by atoms with Gasteiger partial charge in [-0.2, -0.15) is 0 Å². The summed E-state index contributed by atoms with van der Waals surface area (Å²) in [5, 5.41) is 13.1. The smallest absolute Gasteiger partial charge is 0.335 e. The number of likely N-dealkylation sites (N-methyl/N-ethyl adjacent to an activating group) is 1. The normalized spacial score (nSPS) is 19.1. The molecule has 1 fully saturated rings. The highest BCUT2D eigenvalue weighted by molar-refractivity contribution is 7.80. The van der Waals surface area contributed by atoms with Crippen LogP contribution < -0.4 is 5.32 Å². The molecule has 1 aromatic carbocycles. The van der Waals surface area contributed by atoms with Gasteiger partial charge in [-0.3, -0.25) is 4.98 Å². The molecule has 1 saturated heterocycles. The van der Waals surface area contributed by atoms with Crippen LogP contribution in [0.15, 0.2) is 65.2 Å². The van der Waals surface area contributed by atoms with E-state index >= 15 is 0 Å². The van der Waals surface area contributed by atoms with E-state index in [-0.39, 0.29) is 17.6 Å². The molecule has 0 spiro atoms. The second-order valence-corrected chi connectivity index (χ2v) is 6.71. The lowest BCUT2D eigenvalue weighted by molar-refractivity contribution is 0.0697. The molecular weight excluding hydrogens is 362 g/mol. The van der Waals surface area contributed by atoms with E-state index in [4.69, 9.17) is 16.6 Å². The number of rotatable bonds is 4. The summed E-state index contributed by atoms with van der Waals surface area (Å²) in [5.74, 6) is 0.374. The van der Waals surface area contributed by atoms with Crippen molar-refractivity contribution in [2.75, 3.05) is 7.05 Å². The molecule has 2 aromatic heterocycles. The molecule has 7 heteroatoms. The number of hydrogen-bond donors (Lipinski definition) is 2. The van der Waals surface area contributed by atoms with E-state index < -0.39 is 5.97 Å². The van der Waals surface area contributed by atoms with Crippen molar-refractivity contribution in [3.05, 3.63) is 77.8 Å². The van der Waals surface area contributed by atoms with Gasteiger partial charge in [0.1, 0.15) is 17.6 Å². The Bertz CT molecular complexity index is 1000. The highest BCUT2D eigenvalue weighted by Gasteiger charge is 2.39. The molecule has 27 heavy (non-hydrogen) atoms. The minimum atomic E-state index is -0.969. The van der Waals surface area contributed by atoms with Gasteiger partial charge >= 0.3 is 5.97 Å². The fraction of sp³-hybridized carbons (Fsp3) is 0.150. The Morgan fingerprint density at radius 2 is 2.07 bits per heavy atom. The third-order valence-electron chi connectivity index (χ3n) is 4.65. The van der Waals surface area contributed by atoms with Gasteiger partial charge in [-0.05, 0) is 48.6 Å². The van der Waals surface area contributed by atoms with Crippen molar-refractivity contribution in [2.45, 2.75) is 12.1 Å². The molecule has 136 valence electrons. The standard InChI is InChI=1S/C20H17N3O3S/c1-23-18(17(22-20(23)27)14-7-2-3-10-21-14)16-9-8-15(26-16)12-5-4-6-13(11-12)19(24)25/h2-11,17-18H,1H3,(H,22,27)(H,24,25)/t17-,18-/m1/s1. The predicted molar refractivity (Wildman–Crippen MR) is 104 cm³/mol. The molecule has 0 amide bonds. The first-order chi connectivity index (χ1) is 13.0. The zero-order valence-electron chi connectivity index (χ0n) is 14.5. The van der Waals surface area contributed by atoms with Crippen LogP contribution >= 0.6 is 12.2 Å². The van der Waals surface area contributed by atoms with E-state index in [0.717, 1.165) is 11.5 Å².